The van der Waals surface area contributed by atoms with Crippen LogP contribution in [0.3, 0.4) is 0 Å². The second-order valence-corrected chi connectivity index (χ2v) is 6.13. The molecular formula is C16H25FN2O. The van der Waals surface area contributed by atoms with Crippen LogP contribution in [0, 0.1) is 12.7 Å². The summed E-state index contributed by atoms with van der Waals surface area (Å²) in [6.07, 6.45) is 2.12. The van der Waals surface area contributed by atoms with Gasteiger partial charge in [-0.3, -0.25) is 0 Å². The second kappa shape index (κ2) is 5.70. The van der Waals surface area contributed by atoms with Crippen molar-refractivity contribution in [3.05, 3.63) is 29.1 Å². The first kappa shape index (κ1) is 15.3. The van der Waals surface area contributed by atoms with Crippen LogP contribution in [0.1, 0.15) is 43.9 Å². The molecule has 0 spiro atoms. The molecule has 1 unspecified atom stereocenters. The van der Waals surface area contributed by atoms with Crippen molar-refractivity contribution in [2.45, 2.75) is 45.3 Å². The Morgan fingerprint density at radius 1 is 1.45 bits per heavy atom. The zero-order valence-corrected chi connectivity index (χ0v) is 12.9. The summed E-state index contributed by atoms with van der Waals surface area (Å²) in [4.78, 5) is 2.28. The summed E-state index contributed by atoms with van der Waals surface area (Å²) in [6, 6.07) is 3.31. The molecule has 1 aliphatic rings. The zero-order chi connectivity index (χ0) is 14.9. The fraction of sp³-hybridized carbons (Fsp3) is 0.625. The quantitative estimate of drug-likeness (QED) is 0.924. The predicted octanol–water partition coefficient (Wildman–Crippen LogP) is 3.16. The molecule has 1 aromatic carbocycles. The number of rotatable bonds is 3. The maximum absolute atomic E-state index is 13.8. The van der Waals surface area contributed by atoms with Crippen molar-refractivity contribution in [3.63, 3.8) is 0 Å². The fourth-order valence-electron chi connectivity index (χ4n) is 2.90. The predicted molar refractivity (Wildman–Crippen MR) is 80.6 cm³/mol. The standard InChI is InChI=1S/C16H25FN2O/c1-11-8-15(13(12(2)18)9-14(11)17)19-7-5-6-16(3,10-19)20-4/h8-9,12H,5-7,10,18H2,1-4H3/t12-,16?/m1/s1. The Kier molecular flexibility index (Phi) is 4.35. The highest BCUT2D eigenvalue weighted by molar-refractivity contribution is 5.57. The molecule has 0 bridgehead atoms. The van der Waals surface area contributed by atoms with Gasteiger partial charge in [-0.05, 0) is 56.9 Å². The monoisotopic (exact) mass is 280 g/mol. The lowest BCUT2D eigenvalue weighted by molar-refractivity contribution is -0.00469. The number of piperidine rings is 1. The average molecular weight is 280 g/mol. The molecular weight excluding hydrogens is 255 g/mol. The van der Waals surface area contributed by atoms with Crippen LogP contribution in [-0.4, -0.2) is 25.8 Å². The van der Waals surface area contributed by atoms with Gasteiger partial charge in [0.05, 0.1) is 5.60 Å². The Morgan fingerprint density at radius 3 is 2.75 bits per heavy atom. The Labute approximate surface area is 120 Å². The highest BCUT2D eigenvalue weighted by atomic mass is 19.1. The molecule has 0 amide bonds. The number of hydrogen-bond donors (Lipinski definition) is 1. The molecule has 2 N–H and O–H groups in total. The number of hydrogen-bond acceptors (Lipinski definition) is 3. The number of nitrogens with zero attached hydrogens (tertiary/aromatic N) is 1. The summed E-state index contributed by atoms with van der Waals surface area (Å²) in [5.74, 6) is -0.187. The topological polar surface area (TPSA) is 38.5 Å². The molecule has 0 radical (unpaired) electrons. The van der Waals surface area contributed by atoms with Crippen LogP contribution in [-0.2, 0) is 4.74 Å². The number of anilines is 1. The summed E-state index contributed by atoms with van der Waals surface area (Å²) in [5.41, 5.74) is 8.45. The van der Waals surface area contributed by atoms with Gasteiger partial charge in [0.1, 0.15) is 5.82 Å². The molecule has 0 aliphatic carbocycles. The zero-order valence-electron chi connectivity index (χ0n) is 12.9. The smallest absolute Gasteiger partial charge is 0.126 e. The summed E-state index contributed by atoms with van der Waals surface area (Å²) in [6.45, 7) is 7.59. The minimum Gasteiger partial charge on any atom is -0.377 e. The third kappa shape index (κ3) is 2.96. The van der Waals surface area contributed by atoms with Crippen LogP contribution >= 0.6 is 0 Å². The molecule has 0 aromatic heterocycles. The van der Waals surface area contributed by atoms with Gasteiger partial charge >= 0.3 is 0 Å². The molecule has 1 heterocycles. The van der Waals surface area contributed by atoms with E-state index < -0.39 is 0 Å². The van der Waals surface area contributed by atoms with Gasteiger partial charge in [-0.2, -0.15) is 0 Å². The van der Waals surface area contributed by atoms with Crippen LogP contribution < -0.4 is 10.6 Å². The van der Waals surface area contributed by atoms with Crippen LogP contribution in [0.5, 0.6) is 0 Å². The minimum absolute atomic E-state index is 0.143. The Morgan fingerprint density at radius 2 is 2.15 bits per heavy atom. The molecule has 1 saturated heterocycles. The summed E-state index contributed by atoms with van der Waals surface area (Å²) < 4.78 is 19.4. The van der Waals surface area contributed by atoms with E-state index in [9.17, 15) is 4.39 Å². The molecule has 20 heavy (non-hydrogen) atoms. The molecule has 1 aliphatic heterocycles. The Hall–Kier alpha value is -1.13. The largest absolute Gasteiger partial charge is 0.377 e. The highest BCUT2D eigenvalue weighted by Crippen LogP contribution is 2.33. The van der Waals surface area contributed by atoms with E-state index in [0.29, 0.717) is 5.56 Å². The normalized spacial score (nSPS) is 24.8. The van der Waals surface area contributed by atoms with E-state index in [-0.39, 0.29) is 17.5 Å². The van der Waals surface area contributed by atoms with E-state index in [1.807, 2.05) is 13.0 Å². The van der Waals surface area contributed by atoms with E-state index in [0.717, 1.165) is 37.2 Å². The number of nitrogens with two attached hydrogens (primary N) is 1. The van der Waals surface area contributed by atoms with Gasteiger partial charge < -0.3 is 15.4 Å². The molecule has 2 atom stereocenters. The molecule has 3 nitrogen and oxygen atoms in total. The molecule has 1 fully saturated rings. The van der Waals surface area contributed by atoms with Gasteiger partial charge in [-0.1, -0.05) is 0 Å². The van der Waals surface area contributed by atoms with Crippen molar-refractivity contribution >= 4 is 5.69 Å². The maximum Gasteiger partial charge on any atom is 0.126 e. The van der Waals surface area contributed by atoms with Crippen molar-refractivity contribution in [1.82, 2.24) is 0 Å². The Bertz CT molecular complexity index is 490. The summed E-state index contributed by atoms with van der Waals surface area (Å²) >= 11 is 0. The van der Waals surface area contributed by atoms with Crippen molar-refractivity contribution < 1.29 is 9.13 Å². The average Bonchev–Trinajstić information content (AvgIpc) is 2.41. The van der Waals surface area contributed by atoms with E-state index >= 15 is 0 Å². The van der Waals surface area contributed by atoms with Crippen LogP contribution in [0.2, 0.25) is 0 Å². The van der Waals surface area contributed by atoms with Crippen molar-refractivity contribution in [1.29, 1.82) is 0 Å². The van der Waals surface area contributed by atoms with Crippen LogP contribution in [0.25, 0.3) is 0 Å². The van der Waals surface area contributed by atoms with Gasteiger partial charge in [0.15, 0.2) is 0 Å². The first-order valence-electron chi connectivity index (χ1n) is 7.22. The first-order chi connectivity index (χ1) is 9.36. The van der Waals surface area contributed by atoms with Gasteiger partial charge in [0.2, 0.25) is 0 Å². The number of ether oxygens (including phenoxy) is 1. The summed E-state index contributed by atoms with van der Waals surface area (Å²) in [7, 11) is 1.76. The maximum atomic E-state index is 13.8. The number of benzene rings is 1. The number of methoxy groups -OCH3 is 1. The number of halogens is 1. The van der Waals surface area contributed by atoms with Gasteiger partial charge in [-0.15, -0.1) is 0 Å². The molecule has 2 rings (SSSR count). The van der Waals surface area contributed by atoms with E-state index in [4.69, 9.17) is 10.5 Å². The van der Waals surface area contributed by atoms with E-state index in [2.05, 4.69) is 11.8 Å². The van der Waals surface area contributed by atoms with Gasteiger partial charge in [0.25, 0.3) is 0 Å². The lowest BCUT2D eigenvalue weighted by atomic mass is 9.93. The summed E-state index contributed by atoms with van der Waals surface area (Å²) in [5, 5.41) is 0. The van der Waals surface area contributed by atoms with E-state index in [1.165, 1.54) is 0 Å². The van der Waals surface area contributed by atoms with Gasteiger partial charge in [0, 0.05) is 31.9 Å². The SMILES string of the molecule is COC1(C)CCCN(c2cc(C)c(F)cc2[C@@H](C)N)C1. The third-order valence-corrected chi connectivity index (χ3v) is 4.29. The molecule has 4 heteroatoms. The lowest BCUT2D eigenvalue weighted by Crippen LogP contribution is -2.47. The van der Waals surface area contributed by atoms with Crippen LogP contribution in [0.15, 0.2) is 12.1 Å². The van der Waals surface area contributed by atoms with E-state index in [1.54, 1.807) is 20.1 Å². The van der Waals surface area contributed by atoms with Crippen molar-refractivity contribution in [3.8, 4) is 0 Å². The third-order valence-electron chi connectivity index (χ3n) is 4.29. The molecule has 1 aromatic rings. The first-order valence-corrected chi connectivity index (χ1v) is 7.22. The molecule has 0 saturated carbocycles. The van der Waals surface area contributed by atoms with Gasteiger partial charge in [-0.25, -0.2) is 4.39 Å². The van der Waals surface area contributed by atoms with Crippen LogP contribution in [0.4, 0.5) is 10.1 Å². The number of aryl methyl sites for hydroxylation is 1. The fourth-order valence-corrected chi connectivity index (χ4v) is 2.90. The highest BCUT2D eigenvalue weighted by Gasteiger charge is 2.32. The second-order valence-electron chi connectivity index (χ2n) is 6.13. The minimum atomic E-state index is -0.187. The molecule has 112 valence electrons. The van der Waals surface area contributed by atoms with Crippen molar-refractivity contribution in [2.24, 2.45) is 5.73 Å². The Balaban J connectivity index is 2.38. The van der Waals surface area contributed by atoms with Crippen molar-refractivity contribution in [2.75, 3.05) is 25.1 Å². The lowest BCUT2D eigenvalue weighted by Gasteiger charge is -2.41.